The number of aromatic hydroxyl groups is 1. The Kier molecular flexibility index (Phi) is 8.16. The molecule has 7 nitrogen and oxygen atoms in total. The Morgan fingerprint density at radius 1 is 1.10 bits per heavy atom. The number of benzene rings is 1. The van der Waals surface area contributed by atoms with Crippen molar-refractivity contribution >= 4 is 11.9 Å². The average molecular weight is 402 g/mol. The fourth-order valence-corrected chi connectivity index (χ4v) is 4.24. The minimum absolute atomic E-state index is 0.154. The van der Waals surface area contributed by atoms with Crippen LogP contribution in [-0.2, 0) is 0 Å². The van der Waals surface area contributed by atoms with E-state index >= 15 is 0 Å². The van der Waals surface area contributed by atoms with Crippen LogP contribution in [0.2, 0.25) is 0 Å². The molecular weight excluding hydrogens is 366 g/mol. The maximum atomic E-state index is 12.1. The van der Waals surface area contributed by atoms with E-state index in [4.69, 9.17) is 0 Å². The van der Waals surface area contributed by atoms with Crippen molar-refractivity contribution in [1.82, 2.24) is 20.9 Å². The molecule has 1 saturated heterocycles. The number of likely N-dealkylation sites (tertiary alicyclic amines) is 1. The molecule has 2 fully saturated rings. The first-order valence-electron chi connectivity index (χ1n) is 11.0. The number of guanidine groups is 1. The lowest BCUT2D eigenvalue weighted by atomic mass is 10.0. The predicted octanol–water partition coefficient (Wildman–Crippen LogP) is 2.08. The largest absolute Gasteiger partial charge is 0.508 e. The van der Waals surface area contributed by atoms with Gasteiger partial charge in [0.25, 0.3) is 5.91 Å². The minimum atomic E-state index is -0.155. The first kappa shape index (κ1) is 21.4. The molecule has 1 aliphatic heterocycles. The van der Waals surface area contributed by atoms with Gasteiger partial charge in [0, 0.05) is 43.8 Å². The zero-order valence-electron chi connectivity index (χ0n) is 17.5. The van der Waals surface area contributed by atoms with Gasteiger partial charge in [-0.05, 0) is 56.9 Å². The van der Waals surface area contributed by atoms with Gasteiger partial charge in [0.1, 0.15) is 5.75 Å². The van der Waals surface area contributed by atoms with Crippen LogP contribution in [0.1, 0.15) is 55.8 Å². The number of amides is 1. The minimum Gasteiger partial charge on any atom is -0.508 e. The summed E-state index contributed by atoms with van der Waals surface area (Å²) in [6.07, 6.45) is 7.83. The molecule has 1 aromatic rings. The van der Waals surface area contributed by atoms with Crippen LogP contribution in [0.5, 0.6) is 5.75 Å². The van der Waals surface area contributed by atoms with Crippen molar-refractivity contribution in [1.29, 1.82) is 0 Å². The van der Waals surface area contributed by atoms with Gasteiger partial charge in [-0.1, -0.05) is 12.8 Å². The maximum absolute atomic E-state index is 12.1. The van der Waals surface area contributed by atoms with E-state index in [0.717, 1.165) is 31.4 Å². The zero-order chi connectivity index (χ0) is 20.5. The van der Waals surface area contributed by atoms with Gasteiger partial charge in [-0.15, -0.1) is 0 Å². The molecule has 0 atom stereocenters. The van der Waals surface area contributed by atoms with Gasteiger partial charge in [0.2, 0.25) is 0 Å². The van der Waals surface area contributed by atoms with Crippen molar-refractivity contribution in [2.24, 2.45) is 4.99 Å². The third kappa shape index (κ3) is 6.63. The quantitative estimate of drug-likeness (QED) is 0.319. The standard InChI is InChI=1S/C22H35N5O2/c1-2-23-22(25-14-13-24-21(29)17-7-9-20(28)10-8-17)26-18-11-15-27(16-12-18)19-5-3-4-6-19/h7-10,18-19,28H,2-6,11-16H2,1H3,(H,24,29)(H2,23,25,26). The van der Waals surface area contributed by atoms with Gasteiger partial charge in [0.15, 0.2) is 5.96 Å². The van der Waals surface area contributed by atoms with Crippen LogP contribution in [0.3, 0.4) is 0 Å². The van der Waals surface area contributed by atoms with E-state index in [1.807, 2.05) is 0 Å². The SMILES string of the molecule is CCNC(=NCCNC(=O)c1ccc(O)cc1)NC1CCN(C2CCCC2)CC1. The van der Waals surface area contributed by atoms with Crippen LogP contribution in [0.25, 0.3) is 0 Å². The number of phenols is 1. The topological polar surface area (TPSA) is 89.0 Å². The average Bonchev–Trinajstić information content (AvgIpc) is 3.27. The number of piperidine rings is 1. The highest BCUT2D eigenvalue weighted by Gasteiger charge is 2.27. The lowest BCUT2D eigenvalue weighted by molar-refractivity contribution is 0.0955. The molecule has 29 heavy (non-hydrogen) atoms. The molecule has 0 radical (unpaired) electrons. The Morgan fingerprint density at radius 2 is 1.79 bits per heavy atom. The second-order valence-corrected chi connectivity index (χ2v) is 7.96. The number of aliphatic imine (C=N–C) groups is 1. The molecule has 4 N–H and O–H groups in total. The first-order valence-corrected chi connectivity index (χ1v) is 11.0. The normalized spacial score (nSPS) is 19.3. The molecule has 0 spiro atoms. The molecule has 0 bridgehead atoms. The zero-order valence-corrected chi connectivity index (χ0v) is 17.5. The summed E-state index contributed by atoms with van der Waals surface area (Å²) < 4.78 is 0. The summed E-state index contributed by atoms with van der Waals surface area (Å²) in [4.78, 5) is 19.4. The molecule has 0 unspecified atom stereocenters. The van der Waals surface area contributed by atoms with E-state index in [2.05, 4.69) is 32.8 Å². The number of carbonyl (C=O) groups excluding carboxylic acids is 1. The molecule has 1 saturated carbocycles. The molecule has 1 amide bonds. The van der Waals surface area contributed by atoms with E-state index in [-0.39, 0.29) is 11.7 Å². The Labute approximate surface area is 174 Å². The molecule has 1 aromatic carbocycles. The molecule has 1 aliphatic carbocycles. The Balaban J connectivity index is 1.40. The highest BCUT2D eigenvalue weighted by molar-refractivity contribution is 5.94. The summed E-state index contributed by atoms with van der Waals surface area (Å²) in [5.74, 6) is 0.824. The molecule has 2 aliphatic rings. The predicted molar refractivity (Wildman–Crippen MR) is 116 cm³/mol. The number of carbonyl (C=O) groups is 1. The van der Waals surface area contributed by atoms with Crippen molar-refractivity contribution < 1.29 is 9.90 Å². The second-order valence-electron chi connectivity index (χ2n) is 7.96. The van der Waals surface area contributed by atoms with Crippen molar-refractivity contribution in [3.05, 3.63) is 29.8 Å². The number of nitrogens with one attached hydrogen (secondary N) is 3. The summed E-state index contributed by atoms with van der Waals surface area (Å²) >= 11 is 0. The summed E-state index contributed by atoms with van der Waals surface area (Å²) in [6.45, 7) is 6.20. The highest BCUT2D eigenvalue weighted by Crippen LogP contribution is 2.26. The number of nitrogens with zero attached hydrogens (tertiary/aromatic N) is 2. The third-order valence-electron chi connectivity index (χ3n) is 5.85. The fourth-order valence-electron chi connectivity index (χ4n) is 4.24. The van der Waals surface area contributed by atoms with Crippen molar-refractivity contribution in [2.75, 3.05) is 32.7 Å². The Hall–Kier alpha value is -2.28. The van der Waals surface area contributed by atoms with E-state index < -0.39 is 0 Å². The maximum Gasteiger partial charge on any atom is 0.251 e. The Morgan fingerprint density at radius 3 is 2.45 bits per heavy atom. The number of hydrogen-bond donors (Lipinski definition) is 4. The smallest absolute Gasteiger partial charge is 0.251 e. The van der Waals surface area contributed by atoms with Crippen molar-refractivity contribution in [3.8, 4) is 5.75 Å². The van der Waals surface area contributed by atoms with E-state index in [1.165, 1.54) is 50.9 Å². The van der Waals surface area contributed by atoms with Crippen LogP contribution in [-0.4, -0.2) is 66.7 Å². The van der Waals surface area contributed by atoms with Gasteiger partial charge in [-0.25, -0.2) is 0 Å². The van der Waals surface area contributed by atoms with Gasteiger partial charge in [-0.3, -0.25) is 9.79 Å². The third-order valence-corrected chi connectivity index (χ3v) is 5.85. The summed E-state index contributed by atoms with van der Waals surface area (Å²) in [5.41, 5.74) is 0.533. The Bertz CT molecular complexity index is 662. The molecule has 160 valence electrons. The van der Waals surface area contributed by atoms with Crippen LogP contribution < -0.4 is 16.0 Å². The number of hydrogen-bond acceptors (Lipinski definition) is 4. The lowest BCUT2D eigenvalue weighted by Gasteiger charge is -2.36. The summed E-state index contributed by atoms with van der Waals surface area (Å²) in [6, 6.07) is 7.51. The summed E-state index contributed by atoms with van der Waals surface area (Å²) in [5, 5.41) is 19.0. The number of phenolic OH excluding ortho intramolecular Hbond substituents is 1. The van der Waals surface area contributed by atoms with Crippen LogP contribution in [0.4, 0.5) is 0 Å². The van der Waals surface area contributed by atoms with Gasteiger partial charge >= 0.3 is 0 Å². The van der Waals surface area contributed by atoms with Crippen LogP contribution in [0.15, 0.2) is 29.3 Å². The van der Waals surface area contributed by atoms with Crippen LogP contribution in [0, 0.1) is 0 Å². The molecular formula is C22H35N5O2. The van der Waals surface area contributed by atoms with Crippen LogP contribution >= 0.6 is 0 Å². The van der Waals surface area contributed by atoms with E-state index in [9.17, 15) is 9.90 Å². The lowest BCUT2D eigenvalue weighted by Crippen LogP contribution is -2.50. The monoisotopic (exact) mass is 401 g/mol. The van der Waals surface area contributed by atoms with Crippen molar-refractivity contribution in [3.63, 3.8) is 0 Å². The number of rotatable bonds is 7. The molecule has 0 aromatic heterocycles. The van der Waals surface area contributed by atoms with E-state index in [0.29, 0.717) is 24.7 Å². The van der Waals surface area contributed by atoms with E-state index in [1.54, 1.807) is 12.1 Å². The summed E-state index contributed by atoms with van der Waals surface area (Å²) in [7, 11) is 0. The van der Waals surface area contributed by atoms with Gasteiger partial charge in [0.05, 0.1) is 6.54 Å². The molecule has 7 heteroatoms. The second kappa shape index (κ2) is 11.0. The van der Waals surface area contributed by atoms with Gasteiger partial charge in [-0.2, -0.15) is 0 Å². The molecule has 3 rings (SSSR count). The highest BCUT2D eigenvalue weighted by atomic mass is 16.3. The molecule has 1 heterocycles. The van der Waals surface area contributed by atoms with Crippen molar-refractivity contribution in [2.45, 2.75) is 57.5 Å². The first-order chi connectivity index (χ1) is 14.2. The fraction of sp³-hybridized carbons (Fsp3) is 0.636. The van der Waals surface area contributed by atoms with Gasteiger partial charge < -0.3 is 26.0 Å².